The van der Waals surface area contributed by atoms with Gasteiger partial charge < -0.3 is 5.32 Å². The first kappa shape index (κ1) is 14.8. The molecule has 4 nitrogen and oxygen atoms in total. The number of nitro benzene ring substituents is 1. The van der Waals surface area contributed by atoms with Crippen molar-refractivity contribution >= 4 is 27.3 Å². The van der Waals surface area contributed by atoms with E-state index in [1.807, 2.05) is 12.1 Å². The summed E-state index contributed by atoms with van der Waals surface area (Å²) < 4.78 is 0.531. The van der Waals surface area contributed by atoms with E-state index in [9.17, 15) is 10.1 Å². The Hall–Kier alpha value is -1.10. The topological polar surface area (TPSA) is 55.2 Å². The van der Waals surface area contributed by atoms with Gasteiger partial charge in [0.2, 0.25) is 0 Å². The maximum Gasteiger partial charge on any atom is 0.283 e. The molecule has 5 heteroatoms. The second-order valence-corrected chi connectivity index (χ2v) is 8.27. The van der Waals surface area contributed by atoms with Crippen LogP contribution in [0.15, 0.2) is 22.7 Å². The van der Waals surface area contributed by atoms with E-state index in [0.717, 1.165) is 11.6 Å². The van der Waals surface area contributed by atoms with E-state index < -0.39 is 0 Å². The summed E-state index contributed by atoms with van der Waals surface area (Å²) in [7, 11) is 0. The van der Waals surface area contributed by atoms with Gasteiger partial charge in [0.15, 0.2) is 0 Å². The molecule has 0 aromatic heterocycles. The number of rotatable bonds is 3. The van der Waals surface area contributed by atoms with Crippen LogP contribution in [0.1, 0.15) is 40.0 Å². The fourth-order valence-corrected chi connectivity index (χ4v) is 5.10. The van der Waals surface area contributed by atoms with E-state index in [2.05, 4.69) is 42.0 Å². The van der Waals surface area contributed by atoms with Gasteiger partial charge in [0.25, 0.3) is 5.69 Å². The Morgan fingerprint density at radius 2 is 2.10 bits per heavy atom. The lowest BCUT2D eigenvalue weighted by Gasteiger charge is -2.43. The Bertz CT molecular complexity index is 597. The summed E-state index contributed by atoms with van der Waals surface area (Å²) in [5, 5.41) is 14.5. The van der Waals surface area contributed by atoms with Crippen LogP contribution < -0.4 is 5.32 Å². The van der Waals surface area contributed by atoms with Crippen LogP contribution in [0.25, 0.3) is 0 Å². The number of nitrogens with one attached hydrogen (secondary N) is 1. The van der Waals surface area contributed by atoms with Gasteiger partial charge in [-0.3, -0.25) is 10.1 Å². The first-order valence-corrected chi connectivity index (χ1v) is 8.24. The number of benzene rings is 1. The van der Waals surface area contributed by atoms with Gasteiger partial charge in [-0.15, -0.1) is 0 Å². The predicted molar refractivity (Wildman–Crippen MR) is 87.4 cm³/mol. The molecule has 1 unspecified atom stereocenters. The Balaban J connectivity index is 1.87. The first-order valence-electron chi connectivity index (χ1n) is 7.44. The van der Waals surface area contributed by atoms with Crippen molar-refractivity contribution < 1.29 is 4.92 Å². The highest BCUT2D eigenvalue weighted by Crippen LogP contribution is 2.63. The number of halogens is 1. The third-order valence-corrected chi connectivity index (χ3v) is 6.36. The van der Waals surface area contributed by atoms with Crippen LogP contribution in [0.3, 0.4) is 0 Å². The van der Waals surface area contributed by atoms with Gasteiger partial charge >= 0.3 is 0 Å². The maximum absolute atomic E-state index is 10.9. The molecule has 0 aliphatic heterocycles. The normalized spacial score (nSPS) is 33.1. The average Bonchev–Trinajstić information content (AvgIpc) is 2.85. The fraction of sp³-hybridized carbons (Fsp3) is 0.625. The Labute approximate surface area is 133 Å². The Morgan fingerprint density at radius 3 is 2.62 bits per heavy atom. The number of nitro groups is 1. The summed E-state index contributed by atoms with van der Waals surface area (Å²) in [6, 6.07) is 5.62. The number of fused-ring (bicyclic) bond motifs is 2. The second kappa shape index (κ2) is 4.70. The monoisotopic (exact) mass is 352 g/mol. The molecule has 114 valence electrons. The highest BCUT2D eigenvalue weighted by Gasteiger charge is 2.59. The summed E-state index contributed by atoms with van der Waals surface area (Å²) in [5.41, 5.74) is 1.67. The van der Waals surface area contributed by atoms with Crippen LogP contribution in [-0.4, -0.2) is 11.0 Å². The van der Waals surface area contributed by atoms with Crippen molar-refractivity contribution in [2.75, 3.05) is 5.32 Å². The molecule has 3 rings (SSSR count). The Morgan fingerprint density at radius 1 is 1.38 bits per heavy atom. The van der Waals surface area contributed by atoms with Crippen molar-refractivity contribution in [1.29, 1.82) is 0 Å². The van der Waals surface area contributed by atoms with E-state index in [4.69, 9.17) is 0 Å². The lowest BCUT2D eigenvalue weighted by Crippen LogP contribution is -2.45. The van der Waals surface area contributed by atoms with Gasteiger partial charge in [-0.2, -0.15) is 0 Å². The molecule has 2 fully saturated rings. The Kier molecular flexibility index (Phi) is 3.32. The molecule has 0 amide bonds. The zero-order chi connectivity index (χ0) is 15.4. The number of nitrogens with zero attached hydrogens (tertiary/aromatic N) is 1. The molecule has 0 heterocycles. The molecule has 1 N–H and O–H groups in total. The fourth-order valence-electron chi connectivity index (χ4n) is 4.57. The average molecular weight is 353 g/mol. The number of anilines is 1. The highest BCUT2D eigenvalue weighted by atomic mass is 79.9. The van der Waals surface area contributed by atoms with Crippen LogP contribution >= 0.6 is 15.9 Å². The van der Waals surface area contributed by atoms with Gasteiger partial charge in [0.05, 0.1) is 9.40 Å². The minimum atomic E-state index is -0.364. The van der Waals surface area contributed by atoms with Crippen molar-refractivity contribution in [3.05, 3.63) is 32.8 Å². The van der Waals surface area contributed by atoms with E-state index in [0.29, 0.717) is 15.9 Å². The largest absolute Gasteiger partial charge is 0.381 e. The molecule has 2 bridgehead atoms. The molecule has 2 saturated carbocycles. The van der Waals surface area contributed by atoms with Crippen molar-refractivity contribution in [3.63, 3.8) is 0 Å². The van der Waals surface area contributed by atoms with E-state index in [-0.39, 0.29) is 16.0 Å². The van der Waals surface area contributed by atoms with Crippen molar-refractivity contribution in [1.82, 2.24) is 0 Å². The highest BCUT2D eigenvalue weighted by molar-refractivity contribution is 9.10. The molecule has 21 heavy (non-hydrogen) atoms. The van der Waals surface area contributed by atoms with Gasteiger partial charge in [0.1, 0.15) is 0 Å². The van der Waals surface area contributed by atoms with Gasteiger partial charge in [-0.1, -0.05) is 20.8 Å². The van der Waals surface area contributed by atoms with Crippen LogP contribution in [0, 0.1) is 26.9 Å². The molecular weight excluding hydrogens is 332 g/mol. The second-order valence-electron chi connectivity index (χ2n) is 7.42. The molecule has 0 saturated heterocycles. The van der Waals surface area contributed by atoms with Crippen molar-refractivity contribution in [2.24, 2.45) is 16.7 Å². The quantitative estimate of drug-likeness (QED) is 0.616. The summed E-state index contributed by atoms with van der Waals surface area (Å²) in [6.07, 6.45) is 3.88. The SMILES string of the molecule is CC1(C)C(Nc2ccc([N+](=O)[O-])c(Br)c2)[C@]2(C)CC[C@H]1C2. The van der Waals surface area contributed by atoms with Gasteiger partial charge in [-0.25, -0.2) is 0 Å². The molecule has 0 radical (unpaired) electrons. The van der Waals surface area contributed by atoms with Gasteiger partial charge in [-0.05, 0) is 64.1 Å². The van der Waals surface area contributed by atoms with Crippen molar-refractivity contribution in [3.8, 4) is 0 Å². The number of hydrogen-bond acceptors (Lipinski definition) is 3. The molecule has 1 aromatic rings. The molecule has 2 aliphatic rings. The predicted octanol–water partition coefficient (Wildman–Crippen LogP) is 4.98. The molecular formula is C16H21BrN2O2. The summed E-state index contributed by atoms with van der Waals surface area (Å²) in [6.45, 7) is 7.07. The summed E-state index contributed by atoms with van der Waals surface area (Å²) >= 11 is 3.30. The zero-order valence-corrected chi connectivity index (χ0v) is 14.2. The van der Waals surface area contributed by atoms with Crippen LogP contribution in [0.2, 0.25) is 0 Å². The third-order valence-electron chi connectivity index (χ3n) is 5.73. The minimum absolute atomic E-state index is 0.110. The summed E-state index contributed by atoms with van der Waals surface area (Å²) in [4.78, 5) is 10.5. The van der Waals surface area contributed by atoms with Crippen LogP contribution in [-0.2, 0) is 0 Å². The lowest BCUT2D eigenvalue weighted by molar-refractivity contribution is -0.385. The standard InChI is InChI=1S/C16H21BrN2O2/c1-15(2)10-6-7-16(3,9-10)14(15)18-11-4-5-13(19(20)21)12(17)8-11/h4-5,8,10,14,18H,6-7,9H2,1-3H3/t10-,14?,16+/m0/s1. The summed E-state index contributed by atoms with van der Waals surface area (Å²) in [5.74, 6) is 0.779. The van der Waals surface area contributed by atoms with E-state index in [1.54, 1.807) is 6.07 Å². The zero-order valence-electron chi connectivity index (χ0n) is 12.6. The smallest absolute Gasteiger partial charge is 0.283 e. The van der Waals surface area contributed by atoms with Gasteiger partial charge in [0, 0.05) is 17.8 Å². The molecule has 1 aromatic carbocycles. The van der Waals surface area contributed by atoms with E-state index >= 15 is 0 Å². The lowest BCUT2D eigenvalue weighted by atomic mass is 9.68. The molecule has 2 aliphatic carbocycles. The van der Waals surface area contributed by atoms with Crippen molar-refractivity contribution in [2.45, 2.75) is 46.1 Å². The van der Waals surface area contributed by atoms with Crippen LogP contribution in [0.4, 0.5) is 11.4 Å². The third kappa shape index (κ3) is 2.26. The molecule has 3 atom stereocenters. The number of hydrogen-bond donors (Lipinski definition) is 1. The van der Waals surface area contributed by atoms with E-state index in [1.165, 1.54) is 19.3 Å². The molecule has 0 spiro atoms. The van der Waals surface area contributed by atoms with Crippen LogP contribution in [0.5, 0.6) is 0 Å². The minimum Gasteiger partial charge on any atom is -0.381 e. The first-order chi connectivity index (χ1) is 9.74. The maximum atomic E-state index is 10.9.